The Bertz CT molecular complexity index is 807. The van der Waals surface area contributed by atoms with Crippen molar-refractivity contribution in [1.82, 2.24) is 5.32 Å². The average Bonchev–Trinajstić information content (AvgIpc) is 3.23. The number of para-hydroxylation sites is 1. The number of benzene rings is 1. The van der Waals surface area contributed by atoms with Gasteiger partial charge in [-0.05, 0) is 31.0 Å². The molecule has 0 radical (unpaired) electrons. The molecule has 2 aromatic rings. The topological polar surface area (TPSA) is 75.6 Å². The zero-order chi connectivity index (χ0) is 16.0. The Balaban J connectivity index is 1.54. The van der Waals surface area contributed by atoms with Crippen LogP contribution in [0.4, 0.5) is 0 Å². The van der Waals surface area contributed by atoms with Crippen LogP contribution in [0.1, 0.15) is 28.1 Å². The van der Waals surface area contributed by atoms with E-state index in [4.69, 9.17) is 9.84 Å². The van der Waals surface area contributed by atoms with Gasteiger partial charge in [-0.1, -0.05) is 12.1 Å². The summed E-state index contributed by atoms with van der Waals surface area (Å²) in [5, 5.41) is 11.9. The second-order valence-electron chi connectivity index (χ2n) is 6.02. The van der Waals surface area contributed by atoms with Crippen LogP contribution in [-0.2, 0) is 11.4 Å². The number of carbonyl (C=O) groups excluding carboxylic acids is 1. The molecule has 1 aromatic carbocycles. The van der Waals surface area contributed by atoms with E-state index in [1.807, 2.05) is 30.3 Å². The van der Waals surface area contributed by atoms with E-state index >= 15 is 0 Å². The first kappa shape index (κ1) is 14.3. The fraction of sp³-hybridized carbons (Fsp3) is 0.294. The predicted molar refractivity (Wildman–Crippen MR) is 85.7 cm³/mol. The van der Waals surface area contributed by atoms with Gasteiger partial charge < -0.3 is 15.2 Å². The van der Waals surface area contributed by atoms with Crippen LogP contribution in [0, 0.1) is 5.41 Å². The summed E-state index contributed by atoms with van der Waals surface area (Å²) in [5.74, 6) is -0.211. The number of rotatable bonds is 4. The van der Waals surface area contributed by atoms with Gasteiger partial charge in [0.2, 0.25) is 0 Å². The molecule has 1 fully saturated rings. The first-order valence-corrected chi connectivity index (χ1v) is 8.27. The number of carboxylic acids is 1. The highest BCUT2D eigenvalue weighted by Crippen LogP contribution is 2.45. The molecule has 1 aliphatic carbocycles. The Labute approximate surface area is 136 Å². The normalized spacial score (nSPS) is 16.7. The Morgan fingerprint density at radius 2 is 2.09 bits per heavy atom. The van der Waals surface area contributed by atoms with Gasteiger partial charge in [-0.3, -0.25) is 9.59 Å². The van der Waals surface area contributed by atoms with Crippen molar-refractivity contribution >= 4 is 23.2 Å². The zero-order valence-electron chi connectivity index (χ0n) is 12.3. The predicted octanol–water partition coefficient (Wildman–Crippen LogP) is 2.90. The van der Waals surface area contributed by atoms with E-state index in [2.05, 4.69) is 5.32 Å². The molecule has 2 N–H and O–H groups in total. The summed E-state index contributed by atoms with van der Waals surface area (Å²) in [6, 6.07) is 9.61. The molecule has 23 heavy (non-hydrogen) atoms. The molecule has 5 nitrogen and oxygen atoms in total. The molecule has 1 amide bonds. The molecule has 4 rings (SSSR count). The Kier molecular flexibility index (Phi) is 3.16. The third-order valence-electron chi connectivity index (χ3n) is 4.44. The number of amides is 1. The van der Waals surface area contributed by atoms with Gasteiger partial charge >= 0.3 is 5.97 Å². The summed E-state index contributed by atoms with van der Waals surface area (Å²) in [7, 11) is 0. The van der Waals surface area contributed by atoms with Gasteiger partial charge in [0.05, 0.1) is 10.3 Å². The van der Waals surface area contributed by atoms with Crippen molar-refractivity contribution in [2.45, 2.75) is 19.4 Å². The SMILES string of the molecule is O=C(NCC1(C(=O)O)CC1)c1cc2c(s1)-c1ccccc1OC2. The quantitative estimate of drug-likeness (QED) is 0.904. The molecule has 118 valence electrons. The Hall–Kier alpha value is -2.34. The van der Waals surface area contributed by atoms with Crippen molar-refractivity contribution in [1.29, 1.82) is 0 Å². The van der Waals surface area contributed by atoms with E-state index in [0.29, 0.717) is 24.3 Å². The molecule has 6 heteroatoms. The monoisotopic (exact) mass is 329 g/mol. The summed E-state index contributed by atoms with van der Waals surface area (Å²) >= 11 is 1.43. The van der Waals surface area contributed by atoms with Crippen LogP contribution in [0.15, 0.2) is 30.3 Å². The minimum Gasteiger partial charge on any atom is -0.488 e. The van der Waals surface area contributed by atoms with Crippen LogP contribution >= 0.6 is 11.3 Å². The summed E-state index contributed by atoms with van der Waals surface area (Å²) in [6.45, 7) is 0.645. The number of carboxylic acid groups (broad SMARTS) is 1. The van der Waals surface area contributed by atoms with Gasteiger partial charge in [0, 0.05) is 22.5 Å². The van der Waals surface area contributed by atoms with E-state index in [9.17, 15) is 9.59 Å². The van der Waals surface area contributed by atoms with Crippen LogP contribution in [0.2, 0.25) is 0 Å². The molecular formula is C17H15NO4S. The number of ether oxygens (including phenoxy) is 1. The minimum atomic E-state index is -0.828. The lowest BCUT2D eigenvalue weighted by molar-refractivity contribution is -0.143. The summed E-state index contributed by atoms with van der Waals surface area (Å²) in [4.78, 5) is 25.1. The maximum absolute atomic E-state index is 12.3. The maximum Gasteiger partial charge on any atom is 0.311 e. The van der Waals surface area contributed by atoms with E-state index in [1.165, 1.54) is 11.3 Å². The molecule has 1 saturated carbocycles. The molecule has 2 aliphatic rings. The fourth-order valence-electron chi connectivity index (χ4n) is 2.77. The highest BCUT2D eigenvalue weighted by atomic mass is 32.1. The number of aliphatic carboxylic acids is 1. The van der Waals surface area contributed by atoms with Gasteiger partial charge in [0.25, 0.3) is 5.91 Å². The number of hydrogen-bond donors (Lipinski definition) is 2. The first-order chi connectivity index (χ1) is 11.1. The molecule has 0 unspecified atom stereocenters. The van der Waals surface area contributed by atoms with Gasteiger partial charge in [-0.2, -0.15) is 0 Å². The van der Waals surface area contributed by atoms with Gasteiger partial charge in [0.15, 0.2) is 0 Å². The van der Waals surface area contributed by atoms with Crippen molar-refractivity contribution in [2.24, 2.45) is 5.41 Å². The van der Waals surface area contributed by atoms with Crippen molar-refractivity contribution < 1.29 is 19.4 Å². The first-order valence-electron chi connectivity index (χ1n) is 7.46. The van der Waals surface area contributed by atoms with Gasteiger partial charge in [-0.25, -0.2) is 0 Å². The van der Waals surface area contributed by atoms with Crippen molar-refractivity contribution in [2.75, 3.05) is 6.54 Å². The molecule has 0 bridgehead atoms. The standard InChI is InChI=1S/C17H15NO4S/c19-15(18-9-17(5-6-17)16(20)21)13-7-10-8-22-12-4-2-1-3-11(12)14(10)23-13/h1-4,7H,5-6,8-9H2,(H,18,19)(H,20,21). The van der Waals surface area contributed by atoms with E-state index in [1.54, 1.807) is 0 Å². The fourth-order valence-corrected chi connectivity index (χ4v) is 3.88. The van der Waals surface area contributed by atoms with Gasteiger partial charge in [0.1, 0.15) is 12.4 Å². The third-order valence-corrected chi connectivity index (χ3v) is 5.65. The van der Waals surface area contributed by atoms with Crippen LogP contribution < -0.4 is 10.1 Å². The zero-order valence-corrected chi connectivity index (χ0v) is 13.1. The van der Waals surface area contributed by atoms with Crippen molar-refractivity contribution in [3.63, 3.8) is 0 Å². The van der Waals surface area contributed by atoms with Crippen LogP contribution in [-0.4, -0.2) is 23.5 Å². The van der Waals surface area contributed by atoms with Crippen molar-refractivity contribution in [3.8, 4) is 16.2 Å². The molecule has 0 spiro atoms. The number of nitrogens with one attached hydrogen (secondary N) is 1. The Morgan fingerprint density at radius 1 is 1.30 bits per heavy atom. The summed E-state index contributed by atoms with van der Waals surface area (Å²) in [5.41, 5.74) is 1.25. The summed E-state index contributed by atoms with van der Waals surface area (Å²) in [6.07, 6.45) is 1.26. The lowest BCUT2D eigenvalue weighted by Gasteiger charge is -2.16. The van der Waals surface area contributed by atoms with Gasteiger partial charge in [-0.15, -0.1) is 11.3 Å². The maximum atomic E-state index is 12.3. The highest BCUT2D eigenvalue weighted by molar-refractivity contribution is 7.17. The lowest BCUT2D eigenvalue weighted by Crippen LogP contribution is -2.33. The van der Waals surface area contributed by atoms with E-state index in [0.717, 1.165) is 21.8 Å². The molecule has 2 heterocycles. The summed E-state index contributed by atoms with van der Waals surface area (Å²) < 4.78 is 5.70. The molecule has 1 aliphatic heterocycles. The number of thiophene rings is 1. The number of fused-ring (bicyclic) bond motifs is 3. The highest BCUT2D eigenvalue weighted by Gasteiger charge is 2.50. The molecule has 0 saturated heterocycles. The van der Waals surface area contributed by atoms with E-state index < -0.39 is 11.4 Å². The smallest absolute Gasteiger partial charge is 0.311 e. The third kappa shape index (κ3) is 2.39. The minimum absolute atomic E-state index is 0.191. The van der Waals surface area contributed by atoms with Crippen LogP contribution in [0.25, 0.3) is 10.4 Å². The van der Waals surface area contributed by atoms with Crippen LogP contribution in [0.5, 0.6) is 5.75 Å². The number of hydrogen-bond acceptors (Lipinski definition) is 4. The van der Waals surface area contributed by atoms with Crippen molar-refractivity contribution in [3.05, 3.63) is 40.8 Å². The second kappa shape index (κ2) is 5.09. The molecular weight excluding hydrogens is 314 g/mol. The molecule has 0 atom stereocenters. The Morgan fingerprint density at radius 3 is 2.83 bits per heavy atom. The van der Waals surface area contributed by atoms with Crippen LogP contribution in [0.3, 0.4) is 0 Å². The average molecular weight is 329 g/mol. The largest absolute Gasteiger partial charge is 0.488 e. The number of carbonyl (C=O) groups is 2. The second-order valence-corrected chi connectivity index (χ2v) is 7.07. The van der Waals surface area contributed by atoms with E-state index in [-0.39, 0.29) is 12.5 Å². The molecule has 1 aromatic heterocycles. The lowest BCUT2D eigenvalue weighted by atomic mass is 10.1.